The van der Waals surface area contributed by atoms with Gasteiger partial charge in [-0.1, -0.05) is 0 Å². The van der Waals surface area contributed by atoms with Gasteiger partial charge in [0, 0.05) is 7.05 Å². The second kappa shape index (κ2) is 13.8. The number of carboxylic acids is 1. The Hall–Kier alpha value is 3.80. The van der Waals surface area contributed by atoms with Gasteiger partial charge in [-0.3, -0.25) is 0 Å². The molecule has 76 valence electrons. The van der Waals surface area contributed by atoms with E-state index >= 15 is 0 Å². The second-order valence-corrected chi connectivity index (χ2v) is 3.29. The van der Waals surface area contributed by atoms with E-state index in [9.17, 15) is 24.3 Å². The first-order chi connectivity index (χ1) is 5.72. The van der Waals surface area contributed by atoms with Gasteiger partial charge in [0.15, 0.2) is 5.96 Å². The van der Waals surface area contributed by atoms with Crippen molar-refractivity contribution in [3.8, 4) is 0 Å². The van der Waals surface area contributed by atoms with Gasteiger partial charge >= 0.3 is 154 Å². The Balaban J connectivity index is -0.000000240. The van der Waals surface area contributed by atoms with E-state index < -0.39 is 26.2 Å². The Morgan fingerprint density at radius 3 is 2.00 bits per heavy atom. The molecule has 0 aliphatic rings. The molecule has 0 bridgehead atoms. The number of aliphatic carboxylic acids is 1. The summed E-state index contributed by atoms with van der Waals surface area (Å²) in [7, 11) is -3.95. The van der Waals surface area contributed by atoms with Gasteiger partial charge in [-0.2, -0.15) is 0 Å². The minimum Gasteiger partial charge on any atom is -0.793 e. The first-order valence-corrected chi connectivity index (χ1v) is 4.50. The number of guanidine groups is 1. The van der Waals surface area contributed by atoms with Gasteiger partial charge < -0.3 is 34.9 Å². The average molecular weight is 325 g/mol. The van der Waals surface area contributed by atoms with Crippen molar-refractivity contribution in [1.29, 1.82) is 0 Å². The maximum atomic E-state index is 10.0. The summed E-state index contributed by atoms with van der Waals surface area (Å²) in [6.07, 6.45) is 0. The van der Waals surface area contributed by atoms with Crippen LogP contribution in [0.25, 0.3) is 0 Å². The molecule has 0 radical (unpaired) electrons. The molecule has 0 aliphatic heterocycles. The van der Waals surface area contributed by atoms with Crippen LogP contribution in [-0.4, -0.2) is 30.4 Å². The van der Waals surface area contributed by atoms with Gasteiger partial charge in [-0.25, -0.2) is 4.76 Å². The molecule has 0 amide bonds. The molecule has 0 heterocycles. The Morgan fingerprint density at radius 1 is 1.38 bits per heavy atom. The molecule has 0 aromatic rings. The molecule has 0 atom stereocenters. The Morgan fingerprint density at radius 2 is 1.75 bits per heavy atom. The number of hydrogen-bond acceptors (Lipinski definition) is 5. The van der Waals surface area contributed by atoms with E-state index in [0.29, 0.717) is 0 Å². The summed E-state index contributed by atoms with van der Waals surface area (Å²) < 4.78 is 12.6. The molecule has 0 spiro atoms. The third-order valence-electron chi connectivity index (χ3n) is 0.982. The van der Waals surface area contributed by atoms with Crippen LogP contribution in [0.15, 0.2) is 4.76 Å². The van der Waals surface area contributed by atoms with Crippen molar-refractivity contribution < 1.29 is 178 Å². The molecule has 16 heavy (non-hydrogen) atoms. The number of carbonyl (C=O) groups is 1. The summed E-state index contributed by atoms with van der Waals surface area (Å²) in [4.78, 5) is 30.8. The van der Waals surface area contributed by atoms with Gasteiger partial charge in [0.05, 0.1) is 20.3 Å². The zero-order chi connectivity index (χ0) is 10.6. The molecular formula is C4H7K3N3O5P. The van der Waals surface area contributed by atoms with Crippen LogP contribution in [0, 0.1) is 0 Å². The number of hydrogen-bond donors (Lipinski definition) is 1. The van der Waals surface area contributed by atoms with Crippen molar-refractivity contribution in [2.24, 2.45) is 10.5 Å². The fourth-order valence-electron chi connectivity index (χ4n) is 0.476. The number of rotatable bonds is 3. The zero-order valence-corrected chi connectivity index (χ0v) is 19.9. The predicted molar refractivity (Wildman–Crippen MR) is 36.9 cm³/mol. The van der Waals surface area contributed by atoms with Gasteiger partial charge in [-0.15, -0.1) is 0 Å². The summed E-state index contributed by atoms with van der Waals surface area (Å²) >= 11 is 0. The van der Waals surface area contributed by atoms with E-state index in [4.69, 9.17) is 5.73 Å². The summed E-state index contributed by atoms with van der Waals surface area (Å²) in [5.41, 5.74) is 4.96. The fourth-order valence-corrected chi connectivity index (χ4v) is 0.880. The molecule has 0 rings (SSSR count). The van der Waals surface area contributed by atoms with Crippen LogP contribution in [0.5, 0.6) is 0 Å². The van der Waals surface area contributed by atoms with Crippen molar-refractivity contribution in [3.05, 3.63) is 0 Å². The largest absolute Gasteiger partial charge is 1.00 e. The molecule has 0 saturated heterocycles. The summed E-state index contributed by atoms with van der Waals surface area (Å²) in [5, 5.41) is 9.99. The van der Waals surface area contributed by atoms with Crippen LogP contribution in [-0.2, 0) is 9.36 Å². The van der Waals surface area contributed by atoms with Crippen LogP contribution in [0.2, 0.25) is 0 Å². The molecule has 2 N–H and O–H groups in total. The maximum absolute atomic E-state index is 10.0. The van der Waals surface area contributed by atoms with Gasteiger partial charge in [0.25, 0.3) is 0 Å². The van der Waals surface area contributed by atoms with Gasteiger partial charge in [-0.05, 0) is 0 Å². The number of carboxylic acid groups (broad SMARTS) is 1. The Bertz CT molecular complexity index is 282. The first-order valence-electron chi connectivity index (χ1n) is 3.01. The maximum Gasteiger partial charge on any atom is 1.00 e. The third-order valence-corrected chi connectivity index (χ3v) is 1.43. The van der Waals surface area contributed by atoms with E-state index in [1.165, 1.54) is 0 Å². The zero-order valence-electron chi connectivity index (χ0n) is 9.67. The molecular weight excluding hydrogens is 318 g/mol. The molecule has 0 fully saturated rings. The second-order valence-electron chi connectivity index (χ2n) is 2.15. The molecule has 12 heteroatoms. The van der Waals surface area contributed by atoms with Crippen molar-refractivity contribution in [2.75, 3.05) is 13.6 Å². The SMILES string of the molecule is CN(CC(=O)[O-])C(N)=NP(=O)([O-])[O-].[K+].[K+].[K+]. The Kier molecular flexibility index (Phi) is 24.1. The average Bonchev–Trinajstić information content (AvgIpc) is 1.81. The van der Waals surface area contributed by atoms with Crippen LogP contribution in [0.1, 0.15) is 0 Å². The molecule has 0 aliphatic carbocycles. The van der Waals surface area contributed by atoms with Gasteiger partial charge in [0.1, 0.15) is 0 Å². The molecule has 8 nitrogen and oxygen atoms in total. The van der Waals surface area contributed by atoms with Gasteiger partial charge in [0.2, 0.25) is 0 Å². The Labute approximate surface area is 221 Å². The quantitative estimate of drug-likeness (QED) is 0.235. The number of likely N-dealkylation sites (N-methyl/N-ethyl adjacent to an activating group) is 1. The minimum absolute atomic E-state index is 0. The normalized spacial score (nSPS) is 10.3. The van der Waals surface area contributed by atoms with E-state index in [2.05, 4.69) is 4.76 Å². The standard InChI is InChI=1S/C4H10N3O5P.3K/c1-7(2-3(8)9)4(5)6-13(10,11)12;;;/h2H2,1H3,(H,8,9)(H4,5,6,10,11,12);;;/q;3*+1/p-3. The van der Waals surface area contributed by atoms with Crippen LogP contribution < -0.4 is 175 Å². The summed E-state index contributed by atoms with van der Waals surface area (Å²) in [6, 6.07) is 0. The van der Waals surface area contributed by atoms with Crippen molar-refractivity contribution in [3.63, 3.8) is 0 Å². The fraction of sp³-hybridized carbons (Fsp3) is 0.500. The number of nitrogens with zero attached hydrogens (tertiary/aromatic N) is 2. The van der Waals surface area contributed by atoms with E-state index in [0.717, 1.165) is 11.9 Å². The van der Waals surface area contributed by atoms with Crippen molar-refractivity contribution >= 4 is 19.7 Å². The smallest absolute Gasteiger partial charge is 0.793 e. The van der Waals surface area contributed by atoms with E-state index in [1.54, 1.807) is 0 Å². The molecule has 0 saturated carbocycles. The van der Waals surface area contributed by atoms with Crippen LogP contribution in [0.4, 0.5) is 0 Å². The number of carbonyl (C=O) groups excluding carboxylic acids is 1. The monoisotopic (exact) mass is 325 g/mol. The summed E-state index contributed by atoms with van der Waals surface area (Å²) in [6.45, 7) is -0.644. The summed E-state index contributed by atoms with van der Waals surface area (Å²) in [5.74, 6) is -2.15. The molecule has 0 aromatic heterocycles. The molecule has 0 aromatic carbocycles. The predicted octanol–water partition coefficient (Wildman–Crippen LogP) is -13.2. The van der Waals surface area contributed by atoms with Crippen molar-refractivity contribution in [1.82, 2.24) is 4.90 Å². The third kappa shape index (κ3) is 17.8. The van der Waals surface area contributed by atoms with E-state index in [-0.39, 0.29) is 154 Å². The van der Waals surface area contributed by atoms with E-state index in [1.807, 2.05) is 0 Å². The van der Waals surface area contributed by atoms with Crippen molar-refractivity contribution in [2.45, 2.75) is 0 Å². The first kappa shape index (κ1) is 28.0. The van der Waals surface area contributed by atoms with Crippen LogP contribution >= 0.6 is 7.75 Å². The molecule has 0 unspecified atom stereocenters. The van der Waals surface area contributed by atoms with Crippen LogP contribution in [0.3, 0.4) is 0 Å². The topological polar surface area (TPSA) is 145 Å². The number of nitrogens with two attached hydrogens (primary N) is 1. The minimum atomic E-state index is -5.11.